The summed E-state index contributed by atoms with van der Waals surface area (Å²) in [4.78, 5) is 25.9. The quantitative estimate of drug-likeness (QED) is 0.846. The van der Waals surface area contributed by atoms with Crippen LogP contribution in [-0.4, -0.2) is 36.5 Å². The number of likely N-dealkylation sites (tertiary alicyclic amines) is 1. The summed E-state index contributed by atoms with van der Waals surface area (Å²) in [6.07, 6.45) is 2.71. The van der Waals surface area contributed by atoms with Crippen LogP contribution in [0.5, 0.6) is 0 Å². The van der Waals surface area contributed by atoms with Crippen molar-refractivity contribution >= 4 is 11.9 Å². The van der Waals surface area contributed by atoms with E-state index in [1.165, 1.54) is 22.3 Å². The number of carbonyl (C=O) groups is 2. The zero-order valence-electron chi connectivity index (χ0n) is 16.5. The molecule has 2 bridgehead atoms. The van der Waals surface area contributed by atoms with Crippen molar-refractivity contribution in [3.8, 4) is 0 Å². The van der Waals surface area contributed by atoms with E-state index in [0.717, 1.165) is 19.3 Å². The fourth-order valence-corrected chi connectivity index (χ4v) is 5.73. The molecule has 3 N–H and O–H groups in total. The lowest BCUT2D eigenvalue weighted by Crippen LogP contribution is -2.48. The summed E-state index contributed by atoms with van der Waals surface area (Å²) in [5.41, 5.74) is 11.1. The Morgan fingerprint density at radius 3 is 2.24 bits per heavy atom. The van der Waals surface area contributed by atoms with E-state index in [1.807, 2.05) is 0 Å². The fourth-order valence-electron chi connectivity index (χ4n) is 5.73. The van der Waals surface area contributed by atoms with Crippen LogP contribution in [0.2, 0.25) is 0 Å². The fraction of sp³-hybridized carbons (Fsp3) is 0.417. The molecule has 2 aromatic carbocycles. The minimum Gasteiger partial charge on any atom is -0.355 e. The molecule has 2 atom stereocenters. The van der Waals surface area contributed by atoms with Gasteiger partial charge in [0.2, 0.25) is 5.91 Å². The predicted octanol–water partition coefficient (Wildman–Crippen LogP) is 3.19. The molecule has 5 heteroatoms. The van der Waals surface area contributed by atoms with E-state index in [0.29, 0.717) is 37.4 Å². The maximum absolute atomic E-state index is 12.8. The van der Waals surface area contributed by atoms with Gasteiger partial charge in [-0.1, -0.05) is 48.5 Å². The molecule has 2 unspecified atom stereocenters. The number of carbonyl (C=O) groups excluding carboxylic acids is 2. The van der Waals surface area contributed by atoms with E-state index in [2.05, 4.69) is 53.8 Å². The molecule has 1 heterocycles. The molecule has 6 rings (SSSR count). The number of amides is 3. The number of primary amides is 1. The van der Waals surface area contributed by atoms with Gasteiger partial charge in [-0.2, -0.15) is 0 Å². The van der Waals surface area contributed by atoms with Gasteiger partial charge in [0.15, 0.2) is 0 Å². The van der Waals surface area contributed by atoms with E-state index in [-0.39, 0.29) is 11.8 Å². The van der Waals surface area contributed by atoms with Crippen molar-refractivity contribution in [3.63, 3.8) is 0 Å². The van der Waals surface area contributed by atoms with E-state index in [1.54, 1.807) is 4.90 Å². The highest BCUT2D eigenvalue weighted by molar-refractivity contribution is 5.80. The summed E-state index contributed by atoms with van der Waals surface area (Å²) in [5, 5.41) is 3.21. The van der Waals surface area contributed by atoms with E-state index in [4.69, 9.17) is 5.73 Å². The van der Waals surface area contributed by atoms with Crippen molar-refractivity contribution in [2.75, 3.05) is 19.6 Å². The number of nitrogens with two attached hydrogens (primary N) is 1. The molecule has 0 radical (unpaired) electrons. The summed E-state index contributed by atoms with van der Waals surface area (Å²) in [5.74, 6) is 1.04. The Balaban J connectivity index is 1.33. The lowest BCUT2D eigenvalue weighted by Gasteiger charge is -2.45. The minimum atomic E-state index is -0.430. The number of hydrogen-bond acceptors (Lipinski definition) is 2. The van der Waals surface area contributed by atoms with Crippen molar-refractivity contribution in [2.24, 2.45) is 17.6 Å². The highest BCUT2D eigenvalue weighted by Gasteiger charge is 2.43. The summed E-state index contributed by atoms with van der Waals surface area (Å²) >= 11 is 0. The number of urea groups is 1. The van der Waals surface area contributed by atoms with Crippen LogP contribution in [0.4, 0.5) is 4.79 Å². The molecule has 1 aliphatic heterocycles. The summed E-state index contributed by atoms with van der Waals surface area (Å²) in [6, 6.07) is 17.1. The lowest BCUT2D eigenvalue weighted by atomic mass is 9.59. The SMILES string of the molecule is NC(=O)N1CCCC(C(=O)NCC2CC3c4ccccc4C2c2ccccc23)C1. The molecule has 1 saturated heterocycles. The van der Waals surface area contributed by atoms with Crippen LogP contribution in [0, 0.1) is 11.8 Å². The number of fused-ring (bicyclic) bond motifs is 1. The molecule has 4 aliphatic rings. The summed E-state index contributed by atoms with van der Waals surface area (Å²) < 4.78 is 0. The number of hydrogen-bond donors (Lipinski definition) is 2. The van der Waals surface area contributed by atoms with Gasteiger partial charge < -0.3 is 16.0 Å². The van der Waals surface area contributed by atoms with Gasteiger partial charge >= 0.3 is 6.03 Å². The monoisotopic (exact) mass is 389 g/mol. The maximum atomic E-state index is 12.8. The van der Waals surface area contributed by atoms with Crippen LogP contribution in [0.15, 0.2) is 48.5 Å². The summed E-state index contributed by atoms with van der Waals surface area (Å²) in [7, 11) is 0. The van der Waals surface area contributed by atoms with Gasteiger partial charge in [-0.25, -0.2) is 4.79 Å². The van der Waals surface area contributed by atoms with Gasteiger partial charge in [-0.3, -0.25) is 4.79 Å². The number of nitrogens with one attached hydrogen (secondary N) is 1. The highest BCUT2D eigenvalue weighted by Crippen LogP contribution is 2.55. The first-order chi connectivity index (χ1) is 14.1. The summed E-state index contributed by atoms with van der Waals surface area (Å²) in [6.45, 7) is 1.76. The minimum absolute atomic E-state index is 0.0546. The molecule has 5 nitrogen and oxygen atoms in total. The molecular weight excluding hydrogens is 362 g/mol. The van der Waals surface area contributed by atoms with Crippen LogP contribution in [0.1, 0.15) is 53.4 Å². The van der Waals surface area contributed by atoms with Gasteiger partial charge in [0.25, 0.3) is 0 Å². The molecule has 3 amide bonds. The van der Waals surface area contributed by atoms with Crippen LogP contribution in [0.3, 0.4) is 0 Å². The lowest BCUT2D eigenvalue weighted by molar-refractivity contribution is -0.126. The van der Waals surface area contributed by atoms with Crippen molar-refractivity contribution < 1.29 is 9.59 Å². The second kappa shape index (κ2) is 7.21. The normalized spacial score (nSPS) is 27.1. The smallest absolute Gasteiger partial charge is 0.314 e. The third-order valence-electron chi connectivity index (χ3n) is 7.07. The predicted molar refractivity (Wildman–Crippen MR) is 112 cm³/mol. The molecule has 0 aromatic heterocycles. The average Bonchev–Trinajstić information content (AvgIpc) is 2.77. The largest absolute Gasteiger partial charge is 0.355 e. The van der Waals surface area contributed by atoms with Gasteiger partial charge in [0, 0.05) is 31.5 Å². The molecule has 0 spiro atoms. The highest BCUT2D eigenvalue weighted by atomic mass is 16.2. The van der Waals surface area contributed by atoms with Crippen molar-refractivity contribution in [2.45, 2.75) is 31.1 Å². The Morgan fingerprint density at radius 2 is 1.62 bits per heavy atom. The number of piperidine rings is 1. The van der Waals surface area contributed by atoms with Crippen LogP contribution >= 0.6 is 0 Å². The third kappa shape index (κ3) is 3.09. The van der Waals surface area contributed by atoms with E-state index < -0.39 is 6.03 Å². The number of rotatable bonds is 3. The second-order valence-electron chi connectivity index (χ2n) is 8.65. The first-order valence-corrected chi connectivity index (χ1v) is 10.6. The van der Waals surface area contributed by atoms with Crippen molar-refractivity contribution in [3.05, 3.63) is 70.8 Å². The van der Waals surface area contributed by atoms with Crippen molar-refractivity contribution in [1.29, 1.82) is 0 Å². The number of nitrogens with zero attached hydrogens (tertiary/aromatic N) is 1. The third-order valence-corrected chi connectivity index (χ3v) is 7.07. The first-order valence-electron chi connectivity index (χ1n) is 10.6. The van der Waals surface area contributed by atoms with Crippen LogP contribution in [-0.2, 0) is 4.79 Å². The zero-order valence-corrected chi connectivity index (χ0v) is 16.5. The van der Waals surface area contributed by atoms with Crippen molar-refractivity contribution in [1.82, 2.24) is 10.2 Å². The Morgan fingerprint density at radius 1 is 1.00 bits per heavy atom. The Labute approximate surface area is 171 Å². The van der Waals surface area contributed by atoms with Crippen LogP contribution < -0.4 is 11.1 Å². The molecule has 1 fully saturated rings. The molecular formula is C24H27N3O2. The maximum Gasteiger partial charge on any atom is 0.314 e. The van der Waals surface area contributed by atoms with Crippen LogP contribution in [0.25, 0.3) is 0 Å². The molecule has 0 saturated carbocycles. The Hall–Kier alpha value is -2.82. The Bertz CT molecular complexity index is 909. The topological polar surface area (TPSA) is 75.4 Å². The van der Waals surface area contributed by atoms with E-state index >= 15 is 0 Å². The molecule has 150 valence electrons. The average molecular weight is 389 g/mol. The molecule has 3 aliphatic carbocycles. The molecule has 2 aromatic rings. The molecule has 29 heavy (non-hydrogen) atoms. The number of benzene rings is 2. The Kier molecular flexibility index (Phi) is 4.53. The van der Waals surface area contributed by atoms with E-state index in [9.17, 15) is 9.59 Å². The van der Waals surface area contributed by atoms with Gasteiger partial charge in [-0.15, -0.1) is 0 Å². The first kappa shape index (κ1) is 18.2. The van der Waals surface area contributed by atoms with Gasteiger partial charge in [0.05, 0.1) is 5.92 Å². The van der Waals surface area contributed by atoms with Gasteiger partial charge in [0.1, 0.15) is 0 Å². The second-order valence-corrected chi connectivity index (χ2v) is 8.65. The zero-order chi connectivity index (χ0) is 20.0. The standard InChI is InChI=1S/C24H27N3O2/c25-24(29)27-11-5-6-15(14-27)23(28)26-13-16-12-21-17-7-1-3-9-19(17)22(16)20-10-4-2-8-18(20)21/h1-4,7-10,15-16,21-22H,5-6,11-14H2,(H2,25,29)(H,26,28). The van der Waals surface area contributed by atoms with Gasteiger partial charge in [-0.05, 0) is 47.4 Å².